The molecular formula is C30H48N6O7S. The number of ether oxygens (including phenoxy) is 2. The van der Waals surface area contributed by atoms with Crippen molar-refractivity contribution in [2.45, 2.75) is 83.2 Å². The van der Waals surface area contributed by atoms with E-state index in [0.717, 1.165) is 12.8 Å². The molecule has 0 radical (unpaired) electrons. The first-order chi connectivity index (χ1) is 20.7. The van der Waals surface area contributed by atoms with Crippen molar-refractivity contribution >= 4 is 27.6 Å². The van der Waals surface area contributed by atoms with Crippen molar-refractivity contribution in [2.75, 3.05) is 38.1 Å². The molecule has 4 atom stereocenters. The van der Waals surface area contributed by atoms with E-state index in [1.807, 2.05) is 27.7 Å². The summed E-state index contributed by atoms with van der Waals surface area (Å²) >= 11 is 0. The van der Waals surface area contributed by atoms with Gasteiger partial charge in [0.15, 0.2) is 5.03 Å². The van der Waals surface area contributed by atoms with Crippen molar-refractivity contribution in [3.05, 3.63) is 36.3 Å². The molecule has 0 aliphatic carbocycles. The Morgan fingerprint density at radius 3 is 2.59 bits per heavy atom. The number of hydrogen-bond acceptors (Lipinski definition) is 8. The second kappa shape index (κ2) is 15.6. The van der Waals surface area contributed by atoms with Gasteiger partial charge < -0.3 is 34.3 Å². The lowest BCUT2D eigenvalue weighted by atomic mass is 10.0. The summed E-state index contributed by atoms with van der Waals surface area (Å²) in [5.74, 6) is -0.332. The summed E-state index contributed by atoms with van der Waals surface area (Å²) in [6, 6.07) is 3.79. The minimum absolute atomic E-state index is 0.0200. The molecule has 0 spiro atoms. The number of rotatable bonds is 8. The maximum Gasteiger partial charge on any atom is 0.317 e. The third-order valence-electron chi connectivity index (χ3n) is 7.47. The van der Waals surface area contributed by atoms with Gasteiger partial charge in [0.05, 0.1) is 36.7 Å². The average Bonchev–Trinajstić information content (AvgIpc) is 3.41. The number of likely N-dealkylation sites (N-methyl/N-ethyl adjacent to an activating group) is 1. The lowest BCUT2D eigenvalue weighted by Gasteiger charge is -2.36. The number of hydrogen-bond donors (Lipinski definition) is 3. The maximum atomic E-state index is 14.2. The first kappa shape index (κ1) is 35.1. The van der Waals surface area contributed by atoms with Gasteiger partial charge in [0.2, 0.25) is 0 Å². The van der Waals surface area contributed by atoms with Crippen LogP contribution in [0, 0.1) is 5.92 Å². The number of aryl methyl sites for hydroxylation is 1. The van der Waals surface area contributed by atoms with Gasteiger partial charge in [-0.05, 0) is 65.2 Å². The van der Waals surface area contributed by atoms with Crippen molar-refractivity contribution in [1.29, 1.82) is 0 Å². The quantitative estimate of drug-likeness (QED) is 0.399. The SMILES string of the molecule is CC(C)NC(=O)N(C)C[C@@H]1OCCCC[C@H](C)Oc2ccc(NS(=O)(=O)c3cn(C)cn3)cc2C(=O)N([C@H](C)CO)C[C@@H]1C. The minimum Gasteiger partial charge on any atom is -0.490 e. The number of anilines is 1. The molecule has 246 valence electrons. The number of carbonyl (C=O) groups is 2. The average molecular weight is 637 g/mol. The van der Waals surface area contributed by atoms with Crippen LogP contribution in [0.1, 0.15) is 64.2 Å². The highest BCUT2D eigenvalue weighted by molar-refractivity contribution is 7.92. The van der Waals surface area contributed by atoms with E-state index in [0.29, 0.717) is 25.3 Å². The Morgan fingerprint density at radius 1 is 1.23 bits per heavy atom. The molecule has 3 N–H and O–H groups in total. The summed E-state index contributed by atoms with van der Waals surface area (Å²) in [6.07, 6.45) is 4.47. The van der Waals surface area contributed by atoms with E-state index in [1.165, 1.54) is 23.2 Å². The first-order valence-electron chi connectivity index (χ1n) is 15.1. The second-order valence-electron chi connectivity index (χ2n) is 12.0. The molecule has 44 heavy (non-hydrogen) atoms. The molecule has 0 bridgehead atoms. The molecule has 0 saturated carbocycles. The van der Waals surface area contributed by atoms with Gasteiger partial charge in [0, 0.05) is 57.6 Å². The number of aliphatic hydroxyl groups is 1. The van der Waals surface area contributed by atoms with Gasteiger partial charge in [-0.1, -0.05) is 6.92 Å². The zero-order chi connectivity index (χ0) is 32.6. The summed E-state index contributed by atoms with van der Waals surface area (Å²) < 4.78 is 42.5. The largest absolute Gasteiger partial charge is 0.490 e. The van der Waals surface area contributed by atoms with Crippen LogP contribution < -0.4 is 14.8 Å². The zero-order valence-electron chi connectivity index (χ0n) is 26.8. The molecule has 2 heterocycles. The van der Waals surface area contributed by atoms with Crippen molar-refractivity contribution in [3.63, 3.8) is 0 Å². The van der Waals surface area contributed by atoms with Gasteiger partial charge >= 0.3 is 6.03 Å². The van der Waals surface area contributed by atoms with Crippen molar-refractivity contribution in [2.24, 2.45) is 13.0 Å². The first-order valence-corrected chi connectivity index (χ1v) is 16.6. The standard InChI is InChI=1S/C30H48N6O7S/c1-20(2)32-30(39)35(7)16-27-21(3)15-36(22(4)18-37)29(38)25-14-24(33-44(40,41)28-17-34(6)19-31-28)11-12-26(25)43-23(5)10-8-9-13-42-27/h11-12,14,17,19-23,27,33,37H,8-10,13,15-16,18H2,1-7H3,(H,32,39)/t21-,22+,23-,27-/m0/s1. The van der Waals surface area contributed by atoms with Gasteiger partial charge in [0.1, 0.15) is 5.75 Å². The number of fused-ring (bicyclic) bond motifs is 1. The molecule has 3 amide bonds. The fourth-order valence-electron chi connectivity index (χ4n) is 4.89. The number of carbonyl (C=O) groups excluding carboxylic acids is 2. The van der Waals surface area contributed by atoms with Crippen LogP contribution in [0.5, 0.6) is 5.75 Å². The molecule has 0 saturated heterocycles. The number of sulfonamides is 1. The van der Waals surface area contributed by atoms with Gasteiger partial charge in [-0.3, -0.25) is 9.52 Å². The molecule has 1 aliphatic heterocycles. The van der Waals surface area contributed by atoms with Gasteiger partial charge in [-0.15, -0.1) is 0 Å². The molecule has 0 unspecified atom stereocenters. The van der Waals surface area contributed by atoms with Gasteiger partial charge in [0.25, 0.3) is 15.9 Å². The van der Waals surface area contributed by atoms with Crippen LogP contribution in [-0.2, 0) is 21.8 Å². The minimum atomic E-state index is -4.01. The predicted molar refractivity (Wildman–Crippen MR) is 167 cm³/mol. The van der Waals surface area contributed by atoms with Crippen LogP contribution in [0.15, 0.2) is 35.7 Å². The summed E-state index contributed by atoms with van der Waals surface area (Å²) in [5.41, 5.74) is 0.331. The van der Waals surface area contributed by atoms with Crippen LogP contribution in [0.25, 0.3) is 0 Å². The third kappa shape index (κ3) is 9.57. The fraction of sp³-hybridized carbons (Fsp3) is 0.633. The number of amides is 3. The molecule has 3 rings (SSSR count). The fourth-order valence-corrected chi connectivity index (χ4v) is 5.93. The summed E-state index contributed by atoms with van der Waals surface area (Å²) in [7, 11) is -0.637. The monoisotopic (exact) mass is 636 g/mol. The number of benzene rings is 1. The zero-order valence-corrected chi connectivity index (χ0v) is 27.6. The van der Waals surface area contributed by atoms with E-state index in [2.05, 4.69) is 15.0 Å². The van der Waals surface area contributed by atoms with E-state index < -0.39 is 22.0 Å². The van der Waals surface area contributed by atoms with Crippen molar-refractivity contribution in [3.8, 4) is 5.75 Å². The number of urea groups is 1. The number of imidazole rings is 1. The van der Waals surface area contributed by atoms with E-state index >= 15 is 0 Å². The third-order valence-corrected chi connectivity index (χ3v) is 8.74. The van der Waals surface area contributed by atoms with E-state index in [9.17, 15) is 23.1 Å². The maximum absolute atomic E-state index is 14.2. The Kier molecular flexibility index (Phi) is 12.4. The molecule has 1 aliphatic rings. The molecule has 1 aromatic carbocycles. The number of nitrogens with zero attached hydrogens (tertiary/aromatic N) is 4. The van der Waals surface area contributed by atoms with Crippen LogP contribution in [0.3, 0.4) is 0 Å². The van der Waals surface area contributed by atoms with Crippen LogP contribution >= 0.6 is 0 Å². The molecule has 14 heteroatoms. The Labute approximate surface area is 261 Å². The number of aliphatic hydroxyl groups excluding tert-OH is 1. The second-order valence-corrected chi connectivity index (χ2v) is 13.6. The summed E-state index contributed by atoms with van der Waals surface area (Å²) in [5, 5.41) is 12.9. The molecule has 0 fully saturated rings. The van der Waals surface area contributed by atoms with E-state index in [1.54, 1.807) is 43.0 Å². The normalized spacial score (nSPS) is 21.2. The molecular weight excluding hydrogens is 588 g/mol. The van der Waals surface area contributed by atoms with Gasteiger partial charge in [-0.25, -0.2) is 9.78 Å². The lowest BCUT2D eigenvalue weighted by Crippen LogP contribution is -2.49. The van der Waals surface area contributed by atoms with Crippen LogP contribution in [-0.4, -0.2) is 102 Å². The topological polar surface area (TPSA) is 155 Å². The Bertz CT molecular complexity index is 1370. The highest BCUT2D eigenvalue weighted by Crippen LogP contribution is 2.29. The van der Waals surface area contributed by atoms with E-state index in [-0.39, 0.29) is 59.6 Å². The Morgan fingerprint density at radius 2 is 1.95 bits per heavy atom. The molecule has 13 nitrogen and oxygen atoms in total. The van der Waals surface area contributed by atoms with Crippen molar-refractivity contribution < 1.29 is 32.6 Å². The molecule has 1 aromatic heterocycles. The lowest BCUT2D eigenvalue weighted by molar-refractivity contribution is -0.0122. The van der Waals surface area contributed by atoms with Crippen LogP contribution in [0.2, 0.25) is 0 Å². The highest BCUT2D eigenvalue weighted by atomic mass is 32.2. The van der Waals surface area contributed by atoms with Gasteiger partial charge in [-0.2, -0.15) is 8.42 Å². The summed E-state index contributed by atoms with van der Waals surface area (Å²) in [4.78, 5) is 34.0. The van der Waals surface area contributed by atoms with E-state index in [4.69, 9.17) is 9.47 Å². The molecule has 2 aromatic rings. The number of aromatic nitrogens is 2. The highest BCUT2D eigenvalue weighted by Gasteiger charge is 2.31. The Balaban J connectivity index is 1.98. The van der Waals surface area contributed by atoms with Crippen molar-refractivity contribution in [1.82, 2.24) is 24.7 Å². The van der Waals surface area contributed by atoms with Crippen LogP contribution in [0.4, 0.5) is 10.5 Å². The Hall–Kier alpha value is -3.36. The number of nitrogens with one attached hydrogen (secondary N) is 2. The smallest absolute Gasteiger partial charge is 0.317 e. The predicted octanol–water partition coefficient (Wildman–Crippen LogP) is 3.07. The summed E-state index contributed by atoms with van der Waals surface area (Å²) in [6.45, 7) is 10.1.